The summed E-state index contributed by atoms with van der Waals surface area (Å²) in [4.78, 5) is 11.9. The molecule has 5 rings (SSSR count). The molecule has 37 heavy (non-hydrogen) atoms. The first-order chi connectivity index (χ1) is 17.5. The summed E-state index contributed by atoms with van der Waals surface area (Å²) < 4.78 is 74.7. The van der Waals surface area contributed by atoms with Gasteiger partial charge in [-0.25, -0.2) is 26.1 Å². The maximum Gasteiger partial charge on any atom is 0.326 e. The van der Waals surface area contributed by atoms with Crippen molar-refractivity contribution in [2.24, 2.45) is 0 Å². The van der Waals surface area contributed by atoms with E-state index in [9.17, 15) is 21.6 Å². The van der Waals surface area contributed by atoms with Crippen LogP contribution in [0, 0.1) is 5.82 Å². The largest absolute Gasteiger partial charge is 0.487 e. The van der Waals surface area contributed by atoms with E-state index in [1.165, 1.54) is 10.4 Å². The number of nitrogens with one attached hydrogen (secondary N) is 2. The molecule has 2 saturated heterocycles. The number of sulfonamides is 1. The van der Waals surface area contributed by atoms with Gasteiger partial charge in [-0.3, -0.25) is 4.79 Å². The van der Waals surface area contributed by atoms with Crippen LogP contribution in [0.2, 0.25) is 0 Å². The van der Waals surface area contributed by atoms with Crippen LogP contribution in [0.15, 0.2) is 54.6 Å². The van der Waals surface area contributed by atoms with Crippen molar-refractivity contribution < 1.29 is 30.8 Å². The predicted octanol–water partition coefficient (Wildman–Crippen LogP) is 2.18. The van der Waals surface area contributed by atoms with E-state index >= 15 is 4.39 Å². The zero-order valence-electron chi connectivity index (χ0n) is 19.8. The average molecular weight is 549 g/mol. The molecule has 2 aliphatic rings. The summed E-state index contributed by atoms with van der Waals surface area (Å²) in [5.74, 6) is -1.65. The van der Waals surface area contributed by atoms with Crippen LogP contribution in [0.1, 0.15) is 12.0 Å². The smallest absolute Gasteiger partial charge is 0.326 e. The van der Waals surface area contributed by atoms with E-state index in [0.29, 0.717) is 28.3 Å². The lowest BCUT2D eigenvalue weighted by Gasteiger charge is -2.22. The maximum atomic E-state index is 16.0. The van der Waals surface area contributed by atoms with Crippen molar-refractivity contribution in [1.29, 1.82) is 0 Å². The average Bonchev–Trinajstić information content (AvgIpc) is 3.42. The Morgan fingerprint density at radius 1 is 1.16 bits per heavy atom. The third kappa shape index (κ3) is 5.20. The van der Waals surface area contributed by atoms with Crippen LogP contribution < -0.4 is 19.1 Å². The van der Waals surface area contributed by atoms with Crippen LogP contribution in [0.5, 0.6) is 5.75 Å². The molecule has 1 atom stereocenters. The number of carbonyl (C=O) groups is 1. The van der Waals surface area contributed by atoms with Gasteiger partial charge in [0, 0.05) is 30.2 Å². The first kappa shape index (κ1) is 25.2. The Hall–Kier alpha value is -3.42. The predicted molar refractivity (Wildman–Crippen MR) is 138 cm³/mol. The summed E-state index contributed by atoms with van der Waals surface area (Å²) in [5.41, 5.74) is 0.990. The maximum absolute atomic E-state index is 16.0. The van der Waals surface area contributed by atoms with Crippen molar-refractivity contribution in [3.05, 3.63) is 66.0 Å². The number of hydrogen-bond donors (Lipinski definition) is 2. The summed E-state index contributed by atoms with van der Waals surface area (Å²) in [5, 5.41) is 3.83. The monoisotopic (exact) mass is 548 g/mol. The number of hydrogen-bond acceptors (Lipinski definition) is 7. The lowest BCUT2D eigenvalue weighted by atomic mass is 10.1. The molecule has 2 heterocycles. The van der Waals surface area contributed by atoms with E-state index in [0.717, 1.165) is 11.8 Å². The van der Waals surface area contributed by atoms with Gasteiger partial charge < -0.3 is 10.1 Å². The molecule has 0 radical (unpaired) electrons. The number of rotatable bonds is 7. The summed E-state index contributed by atoms with van der Waals surface area (Å²) in [7, 11) is -7.61. The molecule has 0 saturated carbocycles. The molecule has 2 N–H and O–H groups in total. The highest BCUT2D eigenvalue weighted by molar-refractivity contribution is 7.92. The Bertz CT molecular complexity index is 1580. The Kier molecular flexibility index (Phi) is 6.46. The number of amides is 1. The van der Waals surface area contributed by atoms with Crippen LogP contribution in [0.3, 0.4) is 0 Å². The fourth-order valence-electron chi connectivity index (χ4n) is 4.51. The highest BCUT2D eigenvalue weighted by atomic mass is 32.2. The van der Waals surface area contributed by atoms with Gasteiger partial charge in [-0.2, -0.15) is 8.42 Å². The Balaban J connectivity index is 1.52. The lowest BCUT2D eigenvalue weighted by Crippen LogP contribution is -2.31. The van der Waals surface area contributed by atoms with Crippen molar-refractivity contribution in [1.82, 2.24) is 9.03 Å². The topological polar surface area (TPSA) is 125 Å². The van der Waals surface area contributed by atoms with Crippen molar-refractivity contribution in [2.45, 2.75) is 19.1 Å². The third-order valence-electron chi connectivity index (χ3n) is 6.32. The van der Waals surface area contributed by atoms with Crippen LogP contribution in [-0.2, 0) is 31.6 Å². The van der Waals surface area contributed by atoms with E-state index in [4.69, 9.17) is 4.74 Å². The van der Waals surface area contributed by atoms with E-state index in [1.807, 2.05) is 35.1 Å². The van der Waals surface area contributed by atoms with Gasteiger partial charge in [0.1, 0.15) is 24.6 Å². The molecule has 196 valence electrons. The minimum absolute atomic E-state index is 0.0192. The fraction of sp³-hybridized carbons (Fsp3) is 0.292. The molecule has 3 aromatic rings. The van der Waals surface area contributed by atoms with Crippen LogP contribution >= 0.6 is 0 Å². The Morgan fingerprint density at radius 3 is 2.57 bits per heavy atom. The van der Waals surface area contributed by atoms with Gasteiger partial charge in [-0.1, -0.05) is 36.4 Å². The minimum Gasteiger partial charge on any atom is -0.487 e. The molecule has 0 aliphatic carbocycles. The van der Waals surface area contributed by atoms with E-state index in [-0.39, 0.29) is 36.0 Å². The van der Waals surface area contributed by atoms with Gasteiger partial charge >= 0.3 is 10.2 Å². The normalized spacial score (nSPS) is 19.8. The molecule has 0 spiro atoms. The number of nitrogens with zero attached hydrogens (tertiary/aromatic N) is 2. The van der Waals surface area contributed by atoms with Gasteiger partial charge in [0.2, 0.25) is 10.0 Å². The molecule has 1 amide bonds. The summed E-state index contributed by atoms with van der Waals surface area (Å²) >= 11 is 0. The SMILES string of the molecule is CS(=O)(=O)N1CCC(Nc2ccc3cc(OCc4ccccc4)c(N4CC(=O)NS4(=O)=O)c(F)c3c2)C1. The molecular weight excluding hydrogens is 523 g/mol. The number of carbonyl (C=O) groups excluding carboxylic acids is 1. The van der Waals surface area contributed by atoms with E-state index in [1.54, 1.807) is 18.2 Å². The second kappa shape index (κ2) is 9.47. The fourth-order valence-corrected chi connectivity index (χ4v) is 6.56. The third-order valence-corrected chi connectivity index (χ3v) is 8.96. The first-order valence-corrected chi connectivity index (χ1v) is 14.8. The first-order valence-electron chi connectivity index (χ1n) is 11.5. The summed E-state index contributed by atoms with van der Waals surface area (Å²) in [6.07, 6.45) is 1.75. The van der Waals surface area contributed by atoms with Crippen molar-refractivity contribution in [3.8, 4) is 5.75 Å². The van der Waals surface area contributed by atoms with Crippen LogP contribution in [0.25, 0.3) is 10.8 Å². The number of ether oxygens (including phenoxy) is 1. The molecule has 13 heteroatoms. The molecule has 2 fully saturated rings. The number of halogens is 1. The second-order valence-electron chi connectivity index (χ2n) is 9.04. The highest BCUT2D eigenvalue weighted by Gasteiger charge is 2.38. The van der Waals surface area contributed by atoms with Gasteiger partial charge in [0.25, 0.3) is 5.91 Å². The quantitative estimate of drug-likeness (QED) is 0.464. The zero-order valence-corrected chi connectivity index (χ0v) is 21.5. The summed E-state index contributed by atoms with van der Waals surface area (Å²) in [6.45, 7) is 0.162. The Labute approximate surface area is 214 Å². The van der Waals surface area contributed by atoms with E-state index < -0.39 is 38.5 Å². The van der Waals surface area contributed by atoms with Gasteiger partial charge in [-0.05, 0) is 35.6 Å². The molecular formula is C24H25FN4O6S2. The molecule has 1 unspecified atom stereocenters. The second-order valence-corrected chi connectivity index (χ2v) is 12.6. The number of anilines is 2. The Morgan fingerprint density at radius 2 is 1.92 bits per heavy atom. The van der Waals surface area contributed by atoms with Crippen LogP contribution in [-0.4, -0.2) is 59.0 Å². The summed E-state index contributed by atoms with van der Waals surface area (Å²) in [6, 6.07) is 15.5. The lowest BCUT2D eigenvalue weighted by molar-refractivity contribution is -0.117. The molecule has 2 aliphatic heterocycles. The van der Waals surface area contributed by atoms with Crippen molar-refractivity contribution in [3.63, 3.8) is 0 Å². The van der Waals surface area contributed by atoms with Gasteiger partial charge in [0.05, 0.1) is 6.26 Å². The van der Waals surface area contributed by atoms with E-state index in [2.05, 4.69) is 5.32 Å². The highest BCUT2D eigenvalue weighted by Crippen LogP contribution is 2.40. The standard InChI is InChI=1S/C24H25FN4O6S2/c1-36(31,32)28-10-9-19(13-28)26-18-8-7-17-11-21(35-15-16-5-3-2-4-6-16)24(23(25)20(17)12-18)29-14-22(30)27-37(29,33)34/h2-8,11-12,19,26H,9-10,13-15H2,1H3,(H,27,30). The van der Waals surface area contributed by atoms with Gasteiger partial charge in [0.15, 0.2) is 5.82 Å². The number of fused-ring (bicyclic) bond motifs is 1. The molecule has 0 bridgehead atoms. The minimum atomic E-state index is -4.30. The molecule has 0 aromatic heterocycles. The molecule has 3 aromatic carbocycles. The van der Waals surface area contributed by atoms with Crippen molar-refractivity contribution in [2.75, 3.05) is 35.5 Å². The zero-order chi connectivity index (χ0) is 26.4. The number of benzene rings is 3. The van der Waals surface area contributed by atoms with Crippen LogP contribution in [0.4, 0.5) is 15.8 Å². The van der Waals surface area contributed by atoms with Gasteiger partial charge in [-0.15, -0.1) is 0 Å². The van der Waals surface area contributed by atoms with Crippen molar-refractivity contribution >= 4 is 48.3 Å². The molecule has 10 nitrogen and oxygen atoms in total.